The van der Waals surface area contributed by atoms with Crippen LogP contribution in [0.3, 0.4) is 0 Å². The molecule has 22 heavy (non-hydrogen) atoms. The van der Waals surface area contributed by atoms with Gasteiger partial charge >= 0.3 is 0 Å². The molecular formula is C16H17NO3S2. The molecule has 0 bridgehead atoms. The number of hydrogen-bond donors (Lipinski definition) is 0. The Morgan fingerprint density at radius 2 is 2.05 bits per heavy atom. The zero-order valence-electron chi connectivity index (χ0n) is 12.4. The number of amides is 1. The fourth-order valence-electron chi connectivity index (χ4n) is 2.84. The first-order chi connectivity index (χ1) is 10.4. The molecule has 6 heteroatoms. The lowest BCUT2D eigenvalue weighted by atomic mass is 9.93. The van der Waals surface area contributed by atoms with Crippen LogP contribution in [0.2, 0.25) is 0 Å². The van der Waals surface area contributed by atoms with Crippen molar-refractivity contribution >= 4 is 27.1 Å². The standard InChI is InChI=1S/C16H17NO3S2/c1-11-14-6-4-3-5-12(14)7-8-17(11)16(18)13-9-15(21-10-13)22(2,19)20/h3-6,9-11H,7-8H2,1-2H3. The highest BCUT2D eigenvalue weighted by Gasteiger charge is 2.29. The summed E-state index contributed by atoms with van der Waals surface area (Å²) in [5.74, 6) is -0.104. The predicted octanol–water partition coefficient (Wildman–Crippen LogP) is 2.91. The Kier molecular flexibility index (Phi) is 3.82. The van der Waals surface area contributed by atoms with Crippen LogP contribution in [0.15, 0.2) is 39.9 Å². The van der Waals surface area contributed by atoms with E-state index in [0.717, 1.165) is 24.0 Å². The molecule has 0 saturated carbocycles. The van der Waals surface area contributed by atoms with Crippen LogP contribution in [0.4, 0.5) is 0 Å². The van der Waals surface area contributed by atoms with Crippen molar-refractivity contribution in [3.63, 3.8) is 0 Å². The van der Waals surface area contributed by atoms with Crippen molar-refractivity contribution in [1.82, 2.24) is 4.90 Å². The first-order valence-electron chi connectivity index (χ1n) is 7.05. The number of carbonyl (C=O) groups excluding carboxylic acids is 1. The second kappa shape index (κ2) is 5.52. The van der Waals surface area contributed by atoms with E-state index >= 15 is 0 Å². The van der Waals surface area contributed by atoms with E-state index in [4.69, 9.17) is 0 Å². The molecule has 2 aromatic rings. The van der Waals surface area contributed by atoms with Gasteiger partial charge in [0.25, 0.3) is 5.91 Å². The molecule has 1 aliphatic rings. The van der Waals surface area contributed by atoms with Crippen molar-refractivity contribution in [3.05, 3.63) is 52.4 Å². The molecule has 0 fully saturated rings. The number of sulfone groups is 1. The van der Waals surface area contributed by atoms with Gasteiger partial charge in [-0.25, -0.2) is 8.42 Å². The highest BCUT2D eigenvalue weighted by atomic mass is 32.2. The topological polar surface area (TPSA) is 54.5 Å². The Hall–Kier alpha value is -1.66. The maximum Gasteiger partial charge on any atom is 0.255 e. The van der Waals surface area contributed by atoms with Crippen molar-refractivity contribution in [1.29, 1.82) is 0 Å². The first-order valence-corrected chi connectivity index (χ1v) is 9.82. The normalized spacial score (nSPS) is 18.1. The minimum atomic E-state index is -3.26. The van der Waals surface area contributed by atoms with E-state index in [1.807, 2.05) is 24.0 Å². The van der Waals surface area contributed by atoms with Gasteiger partial charge in [0.05, 0.1) is 11.6 Å². The van der Waals surface area contributed by atoms with Crippen LogP contribution in [0.1, 0.15) is 34.5 Å². The van der Waals surface area contributed by atoms with Crippen molar-refractivity contribution in [3.8, 4) is 0 Å². The Morgan fingerprint density at radius 3 is 2.73 bits per heavy atom. The van der Waals surface area contributed by atoms with Crippen LogP contribution in [-0.4, -0.2) is 32.0 Å². The molecule has 0 N–H and O–H groups in total. The zero-order valence-corrected chi connectivity index (χ0v) is 14.1. The number of carbonyl (C=O) groups is 1. The third-order valence-corrected chi connectivity index (χ3v) is 6.81. The first kappa shape index (κ1) is 15.2. The van der Waals surface area contributed by atoms with Crippen molar-refractivity contribution in [2.24, 2.45) is 0 Å². The van der Waals surface area contributed by atoms with Crippen LogP contribution in [0.25, 0.3) is 0 Å². The van der Waals surface area contributed by atoms with Gasteiger partial charge in [-0.05, 0) is 30.5 Å². The van der Waals surface area contributed by atoms with E-state index in [1.165, 1.54) is 17.2 Å². The third-order valence-electron chi connectivity index (χ3n) is 4.04. The maximum absolute atomic E-state index is 12.7. The fourth-order valence-corrected chi connectivity index (χ4v) is 4.63. The summed E-state index contributed by atoms with van der Waals surface area (Å²) in [5.41, 5.74) is 2.90. The third kappa shape index (κ3) is 2.68. The summed E-state index contributed by atoms with van der Waals surface area (Å²) in [6.45, 7) is 2.67. The molecule has 116 valence electrons. The van der Waals surface area contributed by atoms with Gasteiger partial charge in [-0.15, -0.1) is 11.3 Å². The van der Waals surface area contributed by atoms with E-state index in [1.54, 1.807) is 5.38 Å². The van der Waals surface area contributed by atoms with Crippen LogP contribution < -0.4 is 0 Å². The summed E-state index contributed by atoms with van der Waals surface area (Å²) in [6.07, 6.45) is 1.99. The lowest BCUT2D eigenvalue weighted by molar-refractivity contribution is 0.0678. The fraction of sp³-hybridized carbons (Fsp3) is 0.312. The lowest BCUT2D eigenvalue weighted by Crippen LogP contribution is -2.38. The molecule has 0 spiro atoms. The summed E-state index contributed by atoms with van der Waals surface area (Å²) in [6, 6.07) is 9.62. The highest BCUT2D eigenvalue weighted by Crippen LogP contribution is 2.31. The molecule has 1 unspecified atom stereocenters. The quantitative estimate of drug-likeness (QED) is 0.848. The van der Waals surface area contributed by atoms with Crippen LogP contribution in [-0.2, 0) is 16.3 Å². The zero-order chi connectivity index (χ0) is 15.9. The van der Waals surface area contributed by atoms with Gasteiger partial charge in [0, 0.05) is 18.2 Å². The summed E-state index contributed by atoms with van der Waals surface area (Å²) in [5, 5.41) is 1.63. The second-order valence-electron chi connectivity index (χ2n) is 5.55. The summed E-state index contributed by atoms with van der Waals surface area (Å²) < 4.78 is 23.4. The van der Waals surface area contributed by atoms with Gasteiger partial charge in [-0.1, -0.05) is 24.3 Å². The van der Waals surface area contributed by atoms with Gasteiger partial charge in [0.2, 0.25) is 0 Å². The molecular weight excluding hydrogens is 318 g/mol. The minimum absolute atomic E-state index is 0.000895. The van der Waals surface area contributed by atoms with Crippen LogP contribution in [0.5, 0.6) is 0 Å². The number of benzene rings is 1. The Bertz CT molecular complexity index is 823. The SMILES string of the molecule is CC1c2ccccc2CCN1C(=O)c1csc(S(C)(=O)=O)c1. The van der Waals surface area contributed by atoms with Crippen LogP contribution >= 0.6 is 11.3 Å². The number of thiophene rings is 1. The molecule has 1 atom stereocenters. The molecule has 4 nitrogen and oxygen atoms in total. The predicted molar refractivity (Wildman–Crippen MR) is 87.0 cm³/mol. The van der Waals surface area contributed by atoms with E-state index in [9.17, 15) is 13.2 Å². The molecule has 1 aromatic carbocycles. The molecule has 1 aromatic heterocycles. The molecule has 1 amide bonds. The van der Waals surface area contributed by atoms with E-state index in [0.29, 0.717) is 12.1 Å². The molecule has 2 heterocycles. The lowest BCUT2D eigenvalue weighted by Gasteiger charge is -2.35. The number of hydrogen-bond acceptors (Lipinski definition) is 4. The Morgan fingerprint density at radius 1 is 1.32 bits per heavy atom. The smallest absolute Gasteiger partial charge is 0.255 e. The molecule has 1 aliphatic heterocycles. The summed E-state index contributed by atoms with van der Waals surface area (Å²) in [7, 11) is -3.26. The Labute approximate surface area is 134 Å². The van der Waals surface area contributed by atoms with E-state index in [-0.39, 0.29) is 16.2 Å². The molecule has 0 radical (unpaired) electrons. The van der Waals surface area contributed by atoms with Gasteiger partial charge in [0.15, 0.2) is 9.84 Å². The molecule has 0 aliphatic carbocycles. The van der Waals surface area contributed by atoms with Gasteiger partial charge in [-0.3, -0.25) is 4.79 Å². The summed E-state index contributed by atoms with van der Waals surface area (Å²) >= 11 is 1.10. The number of nitrogens with zero attached hydrogens (tertiary/aromatic N) is 1. The highest BCUT2D eigenvalue weighted by molar-refractivity contribution is 7.92. The Balaban J connectivity index is 1.89. The largest absolute Gasteiger partial charge is 0.332 e. The van der Waals surface area contributed by atoms with Crippen molar-refractivity contribution in [2.75, 3.05) is 12.8 Å². The average Bonchev–Trinajstić information content (AvgIpc) is 2.97. The van der Waals surface area contributed by atoms with E-state index < -0.39 is 9.84 Å². The van der Waals surface area contributed by atoms with Gasteiger partial charge in [0.1, 0.15) is 4.21 Å². The van der Waals surface area contributed by atoms with E-state index in [2.05, 4.69) is 12.1 Å². The van der Waals surface area contributed by atoms with Crippen LogP contribution in [0, 0.1) is 0 Å². The minimum Gasteiger partial charge on any atom is -0.332 e. The van der Waals surface area contributed by atoms with Gasteiger partial charge < -0.3 is 4.90 Å². The second-order valence-corrected chi connectivity index (χ2v) is 8.70. The van der Waals surface area contributed by atoms with Gasteiger partial charge in [-0.2, -0.15) is 0 Å². The molecule has 0 saturated heterocycles. The number of fused-ring (bicyclic) bond motifs is 1. The maximum atomic E-state index is 12.7. The van der Waals surface area contributed by atoms with Crippen molar-refractivity contribution in [2.45, 2.75) is 23.6 Å². The summed E-state index contributed by atoms with van der Waals surface area (Å²) in [4.78, 5) is 14.5. The molecule has 3 rings (SSSR count). The number of rotatable bonds is 2. The van der Waals surface area contributed by atoms with Crippen molar-refractivity contribution < 1.29 is 13.2 Å². The monoisotopic (exact) mass is 335 g/mol. The average molecular weight is 335 g/mol.